The first-order valence-electron chi connectivity index (χ1n) is 13.7. The van der Waals surface area contributed by atoms with Crippen LogP contribution in [0.1, 0.15) is 33.3 Å². The number of hydrogen-bond acceptors (Lipinski definition) is 4. The summed E-state index contributed by atoms with van der Waals surface area (Å²) in [6.07, 6.45) is -2.86. The van der Waals surface area contributed by atoms with Crippen molar-refractivity contribution in [2.45, 2.75) is 45.0 Å². The Labute approximate surface area is 232 Å². The van der Waals surface area contributed by atoms with Crippen molar-refractivity contribution in [1.29, 1.82) is 0 Å². The van der Waals surface area contributed by atoms with Gasteiger partial charge < -0.3 is 14.5 Å². The summed E-state index contributed by atoms with van der Waals surface area (Å²) in [5.74, 6) is 0.470. The molecule has 206 valence electrons. The molecule has 40 heavy (non-hydrogen) atoms. The van der Waals surface area contributed by atoms with E-state index in [1.807, 2.05) is 50.2 Å². The second-order valence-electron chi connectivity index (χ2n) is 10.9. The minimum absolute atomic E-state index is 0.470. The van der Waals surface area contributed by atoms with Crippen LogP contribution in [0.2, 0.25) is 0 Å². The zero-order chi connectivity index (χ0) is 28.3. The molecule has 4 aromatic rings. The average Bonchev–Trinajstić information content (AvgIpc) is 3.11. The van der Waals surface area contributed by atoms with Gasteiger partial charge in [0, 0.05) is 29.9 Å². The van der Waals surface area contributed by atoms with E-state index in [0.29, 0.717) is 17.1 Å². The molecule has 0 saturated heterocycles. The van der Waals surface area contributed by atoms with Gasteiger partial charge in [0.1, 0.15) is 18.0 Å². The Morgan fingerprint density at radius 2 is 1.52 bits per heavy atom. The number of benzene rings is 4. The zero-order valence-corrected chi connectivity index (χ0v) is 23.1. The summed E-state index contributed by atoms with van der Waals surface area (Å²) in [7, 11) is 0. The first kappa shape index (κ1) is 26.2. The Hall–Kier alpha value is -4.00. The molecule has 4 aromatic carbocycles. The smallest absolute Gasteiger partial charge is 0.406 e. The highest BCUT2D eigenvalue weighted by molar-refractivity contribution is 6.07. The molecule has 6 rings (SSSR count). The molecule has 1 unspecified atom stereocenters. The van der Waals surface area contributed by atoms with Crippen LogP contribution in [0.3, 0.4) is 0 Å². The lowest BCUT2D eigenvalue weighted by molar-refractivity contribution is -0.125. The van der Waals surface area contributed by atoms with Gasteiger partial charge in [0.25, 0.3) is 0 Å². The van der Waals surface area contributed by atoms with E-state index < -0.39 is 23.9 Å². The van der Waals surface area contributed by atoms with Crippen molar-refractivity contribution < 1.29 is 17.9 Å². The van der Waals surface area contributed by atoms with E-state index in [1.54, 1.807) is 18.3 Å². The highest BCUT2D eigenvalue weighted by Crippen LogP contribution is 2.56. The number of hydrogen-bond donors (Lipinski definition) is 0. The fraction of sp³-hybridized carbons (Fsp3) is 0.303. The van der Waals surface area contributed by atoms with E-state index in [1.165, 1.54) is 4.90 Å². The zero-order valence-electron chi connectivity index (χ0n) is 23.1. The van der Waals surface area contributed by atoms with Crippen molar-refractivity contribution in [3.63, 3.8) is 0 Å². The molecule has 0 aliphatic carbocycles. The summed E-state index contributed by atoms with van der Waals surface area (Å²) in [6, 6.07) is 25.5. The number of alkyl halides is 3. The van der Waals surface area contributed by atoms with Crippen LogP contribution in [-0.4, -0.2) is 37.8 Å². The number of fused-ring (bicyclic) bond motifs is 4. The molecule has 1 atom stereocenters. The van der Waals surface area contributed by atoms with Gasteiger partial charge in [-0.3, -0.25) is 4.99 Å². The Balaban J connectivity index is 1.52. The van der Waals surface area contributed by atoms with Gasteiger partial charge >= 0.3 is 6.18 Å². The predicted molar refractivity (Wildman–Crippen MR) is 157 cm³/mol. The summed E-state index contributed by atoms with van der Waals surface area (Å²) in [5.41, 5.74) is 2.76. The van der Waals surface area contributed by atoms with Crippen molar-refractivity contribution >= 4 is 34.0 Å². The molecule has 2 heterocycles. The minimum atomic E-state index is -4.43. The molecule has 0 fully saturated rings. The number of anilines is 2. The predicted octanol–water partition coefficient (Wildman–Crippen LogP) is 8.50. The summed E-state index contributed by atoms with van der Waals surface area (Å²) in [5, 5.41) is 1.90. The van der Waals surface area contributed by atoms with Gasteiger partial charge in [-0.2, -0.15) is 13.2 Å². The number of halogens is 3. The third-order valence-electron chi connectivity index (χ3n) is 8.42. The standard InChI is InChI=1S/C33H32F3N3O/c1-5-38(6-2)23-17-15-22(16-18-23)26-19-29-30(25-12-8-7-11-24(25)26)37-20-32(40-29)31(3,4)27-13-9-10-14-28(27)39(32)21-33(34,35)36/h7-20H,5-6,21H2,1-4H3. The maximum Gasteiger partial charge on any atom is 0.406 e. The Bertz CT molecular complexity index is 1610. The van der Waals surface area contributed by atoms with E-state index >= 15 is 0 Å². The number of para-hydroxylation sites is 1. The van der Waals surface area contributed by atoms with Gasteiger partial charge in [0.05, 0.1) is 11.6 Å². The molecule has 0 radical (unpaired) electrons. The number of aliphatic imine (C=N–C) groups is 1. The summed E-state index contributed by atoms with van der Waals surface area (Å²) in [6.45, 7) is 8.79. The number of ether oxygens (including phenoxy) is 1. The van der Waals surface area contributed by atoms with E-state index in [4.69, 9.17) is 9.73 Å². The highest BCUT2D eigenvalue weighted by atomic mass is 19.4. The molecule has 1 spiro atoms. The molecular formula is C33H32F3N3O. The van der Waals surface area contributed by atoms with E-state index in [9.17, 15) is 13.2 Å². The van der Waals surface area contributed by atoms with Gasteiger partial charge in [-0.1, -0.05) is 54.6 Å². The molecule has 2 aliphatic heterocycles. The van der Waals surface area contributed by atoms with Gasteiger partial charge in [-0.15, -0.1) is 0 Å². The van der Waals surface area contributed by atoms with Crippen molar-refractivity contribution in [3.8, 4) is 16.9 Å². The second-order valence-corrected chi connectivity index (χ2v) is 10.9. The normalized spacial score (nSPS) is 19.0. The maximum atomic E-state index is 14.0. The van der Waals surface area contributed by atoms with Crippen LogP contribution in [0.4, 0.5) is 30.2 Å². The van der Waals surface area contributed by atoms with Crippen molar-refractivity contribution in [1.82, 2.24) is 0 Å². The van der Waals surface area contributed by atoms with E-state index in [-0.39, 0.29) is 0 Å². The molecular weight excluding hydrogens is 511 g/mol. The monoisotopic (exact) mass is 543 g/mol. The van der Waals surface area contributed by atoms with Gasteiger partial charge in [-0.25, -0.2) is 0 Å². The topological polar surface area (TPSA) is 28.1 Å². The van der Waals surface area contributed by atoms with E-state index in [0.717, 1.165) is 46.2 Å². The second kappa shape index (κ2) is 9.29. The maximum absolute atomic E-state index is 14.0. The Morgan fingerprint density at radius 3 is 2.20 bits per heavy atom. The van der Waals surface area contributed by atoms with Crippen LogP contribution in [0.5, 0.6) is 5.75 Å². The van der Waals surface area contributed by atoms with Crippen molar-refractivity contribution in [2.24, 2.45) is 4.99 Å². The SMILES string of the molecule is CCN(CC)c1ccc(-c2cc3c(c4ccccc24)N=CC2(O3)N(CC(F)(F)F)c3ccccc3C2(C)C)cc1. The fourth-order valence-corrected chi connectivity index (χ4v) is 6.31. The summed E-state index contributed by atoms with van der Waals surface area (Å²) < 4.78 is 48.7. The van der Waals surface area contributed by atoms with Crippen LogP contribution in [0.25, 0.3) is 21.9 Å². The first-order valence-corrected chi connectivity index (χ1v) is 13.7. The molecule has 2 aliphatic rings. The van der Waals surface area contributed by atoms with Crippen LogP contribution in [0.15, 0.2) is 83.9 Å². The molecule has 7 heteroatoms. The van der Waals surface area contributed by atoms with Crippen LogP contribution in [0, 0.1) is 0 Å². The van der Waals surface area contributed by atoms with Gasteiger partial charge in [-0.05, 0) is 74.0 Å². The fourth-order valence-electron chi connectivity index (χ4n) is 6.31. The van der Waals surface area contributed by atoms with Gasteiger partial charge in [0.15, 0.2) is 0 Å². The summed E-state index contributed by atoms with van der Waals surface area (Å²) in [4.78, 5) is 8.45. The molecule has 0 aromatic heterocycles. The summed E-state index contributed by atoms with van der Waals surface area (Å²) >= 11 is 0. The Morgan fingerprint density at radius 1 is 0.875 bits per heavy atom. The van der Waals surface area contributed by atoms with Crippen molar-refractivity contribution in [2.75, 3.05) is 29.4 Å². The molecule has 0 bridgehead atoms. The average molecular weight is 544 g/mol. The molecule has 0 amide bonds. The molecule has 4 nitrogen and oxygen atoms in total. The Kier molecular flexibility index (Phi) is 6.09. The lowest BCUT2D eigenvalue weighted by atomic mass is 9.77. The van der Waals surface area contributed by atoms with E-state index in [2.05, 4.69) is 49.1 Å². The number of rotatable bonds is 5. The van der Waals surface area contributed by atoms with Crippen LogP contribution in [-0.2, 0) is 5.41 Å². The lowest BCUT2D eigenvalue weighted by Crippen LogP contribution is -2.63. The third-order valence-corrected chi connectivity index (χ3v) is 8.42. The first-order chi connectivity index (χ1) is 19.1. The molecule has 0 N–H and O–H groups in total. The largest absolute Gasteiger partial charge is 0.459 e. The minimum Gasteiger partial charge on any atom is -0.459 e. The van der Waals surface area contributed by atoms with Crippen LogP contribution < -0.4 is 14.5 Å². The number of nitrogens with zero attached hydrogens (tertiary/aromatic N) is 3. The van der Waals surface area contributed by atoms with Crippen LogP contribution >= 0.6 is 0 Å². The third kappa shape index (κ3) is 3.94. The van der Waals surface area contributed by atoms with Gasteiger partial charge in [0.2, 0.25) is 5.72 Å². The quantitative estimate of drug-likeness (QED) is 0.253. The lowest BCUT2D eigenvalue weighted by Gasteiger charge is -2.46. The molecule has 0 saturated carbocycles. The highest BCUT2D eigenvalue weighted by Gasteiger charge is 2.61. The van der Waals surface area contributed by atoms with Crippen molar-refractivity contribution in [3.05, 3.63) is 84.4 Å².